The van der Waals surface area contributed by atoms with Crippen LogP contribution in [0.4, 0.5) is 10.2 Å². The summed E-state index contributed by atoms with van der Waals surface area (Å²) in [5.74, 6) is -2.98. The molecule has 0 radical (unpaired) electrons. The van der Waals surface area contributed by atoms with Crippen LogP contribution >= 0.6 is 0 Å². The molecular weight excluding hydrogens is 467 g/mol. The third-order valence-electron chi connectivity index (χ3n) is 5.26. The number of nitrogens with one attached hydrogen (secondary N) is 1. The molecule has 1 aromatic carbocycles. The maximum Gasteiger partial charge on any atom is 0.341 e. The number of nitrogens with zero attached hydrogens (tertiary/aromatic N) is 3. The summed E-state index contributed by atoms with van der Waals surface area (Å²) in [6.07, 6.45) is 0.585. The number of aromatic carboxylic acids is 1. The third-order valence-corrected chi connectivity index (χ3v) is 6.48. The van der Waals surface area contributed by atoms with Gasteiger partial charge >= 0.3 is 5.97 Å². The number of aromatic nitrogens is 1. The molecular formula is C22H23FN4O6S. The van der Waals surface area contributed by atoms with Crippen molar-refractivity contribution in [1.82, 2.24) is 9.71 Å². The average Bonchev–Trinajstić information content (AvgIpc) is 2.82. The van der Waals surface area contributed by atoms with Gasteiger partial charge in [-0.15, -0.1) is 0 Å². The van der Waals surface area contributed by atoms with Gasteiger partial charge in [-0.3, -0.25) is 9.52 Å². The zero-order valence-electron chi connectivity index (χ0n) is 18.1. The Morgan fingerprint density at radius 3 is 2.53 bits per heavy atom. The Kier molecular flexibility index (Phi) is 8.01. The largest absolute Gasteiger partial charge is 0.477 e. The summed E-state index contributed by atoms with van der Waals surface area (Å²) in [5.41, 5.74) is 0.202. The monoisotopic (exact) mass is 490 g/mol. The number of carbonyl (C=O) groups is 2. The zero-order valence-corrected chi connectivity index (χ0v) is 18.9. The van der Waals surface area contributed by atoms with Gasteiger partial charge in [-0.05, 0) is 24.5 Å². The number of carboxylic acid groups (broad SMARTS) is 1. The number of nitriles is 1. The van der Waals surface area contributed by atoms with Gasteiger partial charge < -0.3 is 14.7 Å². The van der Waals surface area contributed by atoms with Crippen molar-refractivity contribution >= 4 is 27.7 Å². The van der Waals surface area contributed by atoms with Gasteiger partial charge in [-0.25, -0.2) is 17.6 Å². The summed E-state index contributed by atoms with van der Waals surface area (Å²) < 4.78 is 44.5. The predicted molar refractivity (Wildman–Crippen MR) is 120 cm³/mol. The molecule has 1 fully saturated rings. The molecule has 1 aromatic heterocycles. The maximum atomic E-state index is 12.6. The van der Waals surface area contributed by atoms with E-state index in [-0.39, 0.29) is 41.7 Å². The van der Waals surface area contributed by atoms with E-state index in [4.69, 9.17) is 4.74 Å². The first-order valence-electron chi connectivity index (χ1n) is 10.4. The summed E-state index contributed by atoms with van der Waals surface area (Å²) in [5, 5.41) is 18.8. The topological polar surface area (TPSA) is 150 Å². The van der Waals surface area contributed by atoms with E-state index in [0.29, 0.717) is 18.4 Å². The summed E-state index contributed by atoms with van der Waals surface area (Å²) in [7, 11) is -3.86. The molecule has 3 rings (SSSR count). The zero-order chi connectivity index (χ0) is 24.7. The number of ether oxygens (including phenoxy) is 1. The van der Waals surface area contributed by atoms with Crippen molar-refractivity contribution in [2.45, 2.75) is 18.6 Å². The van der Waals surface area contributed by atoms with Crippen LogP contribution in [0, 0.1) is 17.2 Å². The number of carbonyl (C=O) groups excluding carboxylic acids is 1. The Labute approximate surface area is 196 Å². The lowest BCUT2D eigenvalue weighted by Crippen LogP contribution is -2.43. The molecule has 1 aliphatic heterocycles. The van der Waals surface area contributed by atoms with E-state index in [1.807, 2.05) is 6.07 Å². The molecule has 2 heterocycles. The van der Waals surface area contributed by atoms with Crippen molar-refractivity contribution < 1.29 is 32.2 Å². The van der Waals surface area contributed by atoms with E-state index < -0.39 is 41.1 Å². The molecule has 1 amide bonds. The molecule has 2 N–H and O–H groups in total. The van der Waals surface area contributed by atoms with Gasteiger partial charge in [0.25, 0.3) is 0 Å². The fourth-order valence-corrected chi connectivity index (χ4v) is 4.81. The molecule has 34 heavy (non-hydrogen) atoms. The van der Waals surface area contributed by atoms with Crippen molar-refractivity contribution in [3.05, 3.63) is 53.1 Å². The Morgan fingerprint density at radius 2 is 1.94 bits per heavy atom. The van der Waals surface area contributed by atoms with Crippen molar-refractivity contribution in [2.24, 2.45) is 5.92 Å². The van der Waals surface area contributed by atoms with E-state index in [2.05, 4.69) is 9.71 Å². The molecule has 2 aromatic rings. The Morgan fingerprint density at radius 1 is 1.26 bits per heavy atom. The van der Waals surface area contributed by atoms with E-state index in [0.717, 1.165) is 6.07 Å². The quantitative estimate of drug-likeness (QED) is 0.537. The molecule has 0 saturated carbocycles. The van der Waals surface area contributed by atoms with Crippen molar-refractivity contribution in [2.75, 3.05) is 31.3 Å². The number of alkyl halides is 1. The lowest BCUT2D eigenvalue weighted by molar-refractivity contribution is -0.123. The molecule has 12 heteroatoms. The minimum Gasteiger partial charge on any atom is -0.477 e. The van der Waals surface area contributed by atoms with E-state index in [1.165, 1.54) is 0 Å². The van der Waals surface area contributed by atoms with Gasteiger partial charge in [-0.1, -0.05) is 30.3 Å². The molecule has 0 spiro atoms. The van der Waals surface area contributed by atoms with Crippen LogP contribution in [0.15, 0.2) is 36.4 Å². The van der Waals surface area contributed by atoms with Crippen molar-refractivity contribution in [3.63, 3.8) is 0 Å². The van der Waals surface area contributed by atoms with Crippen molar-refractivity contribution in [1.29, 1.82) is 5.26 Å². The highest BCUT2D eigenvalue weighted by molar-refractivity contribution is 7.89. The number of amides is 1. The second-order valence-corrected chi connectivity index (χ2v) is 9.36. The predicted octanol–water partition coefficient (Wildman–Crippen LogP) is 1.86. The number of hydrogen-bond acceptors (Lipinski definition) is 8. The smallest absolute Gasteiger partial charge is 0.341 e. The van der Waals surface area contributed by atoms with Crippen LogP contribution in [0.2, 0.25) is 0 Å². The minimum atomic E-state index is -3.86. The van der Waals surface area contributed by atoms with Crippen LogP contribution in [0.1, 0.15) is 34.3 Å². The number of carboxylic acids is 1. The van der Waals surface area contributed by atoms with Gasteiger partial charge in [0.15, 0.2) is 5.82 Å². The molecule has 180 valence electrons. The Hall–Kier alpha value is -3.72. The van der Waals surface area contributed by atoms with E-state index in [1.54, 1.807) is 35.2 Å². The van der Waals surface area contributed by atoms with Gasteiger partial charge in [0, 0.05) is 19.0 Å². The van der Waals surface area contributed by atoms with Crippen LogP contribution in [-0.4, -0.2) is 56.8 Å². The van der Waals surface area contributed by atoms with Crippen LogP contribution in [0.5, 0.6) is 5.88 Å². The van der Waals surface area contributed by atoms with Crippen LogP contribution in [0.25, 0.3) is 0 Å². The normalized spacial score (nSPS) is 14.3. The highest BCUT2D eigenvalue weighted by Gasteiger charge is 2.30. The summed E-state index contributed by atoms with van der Waals surface area (Å²) in [6.45, 7) is -0.691. The molecule has 0 bridgehead atoms. The van der Waals surface area contributed by atoms with E-state index in [9.17, 15) is 32.8 Å². The number of hydrogen-bond donors (Lipinski definition) is 2. The molecule has 1 saturated heterocycles. The van der Waals surface area contributed by atoms with Gasteiger partial charge in [-0.2, -0.15) is 10.2 Å². The third kappa shape index (κ3) is 6.20. The van der Waals surface area contributed by atoms with Crippen molar-refractivity contribution in [3.8, 4) is 11.9 Å². The van der Waals surface area contributed by atoms with E-state index >= 15 is 0 Å². The first kappa shape index (κ1) is 24.9. The number of rotatable bonds is 9. The fraction of sp³-hybridized carbons (Fsp3) is 0.364. The molecule has 0 atom stereocenters. The molecule has 0 unspecified atom stereocenters. The Balaban J connectivity index is 1.68. The molecule has 1 aliphatic rings. The first-order chi connectivity index (χ1) is 16.2. The number of pyridine rings is 1. The lowest BCUT2D eigenvalue weighted by atomic mass is 9.96. The number of piperidine rings is 1. The average molecular weight is 491 g/mol. The standard InChI is InChI=1S/C22H23FN4O6S/c23-8-11-33-21-18(22(29)30)12-17(13-24)19(25-21)27-9-6-16(7-10-27)20(28)26-34(31,32)14-15-4-2-1-3-5-15/h1-5,12,16H,6-11,14H2,(H,26,28)(H,29,30). The molecule has 0 aliphatic carbocycles. The second kappa shape index (κ2) is 10.9. The highest BCUT2D eigenvalue weighted by atomic mass is 32.2. The number of halogens is 1. The SMILES string of the molecule is N#Cc1cc(C(=O)O)c(OCCF)nc1N1CCC(C(=O)NS(=O)(=O)Cc2ccccc2)CC1. The Bertz CT molecular complexity index is 1190. The molecule has 10 nitrogen and oxygen atoms in total. The van der Waals surface area contributed by atoms with Crippen LogP contribution in [0.3, 0.4) is 0 Å². The summed E-state index contributed by atoms with van der Waals surface area (Å²) >= 11 is 0. The number of anilines is 1. The second-order valence-electron chi connectivity index (χ2n) is 7.64. The van der Waals surface area contributed by atoms with Gasteiger partial charge in [0.05, 0.1) is 11.3 Å². The summed E-state index contributed by atoms with van der Waals surface area (Å²) in [4.78, 5) is 29.9. The fourth-order valence-electron chi connectivity index (χ4n) is 3.63. The van der Waals surface area contributed by atoms with Crippen LogP contribution in [-0.2, 0) is 20.6 Å². The lowest BCUT2D eigenvalue weighted by Gasteiger charge is -2.32. The van der Waals surface area contributed by atoms with Gasteiger partial charge in [0.1, 0.15) is 24.9 Å². The number of benzene rings is 1. The minimum absolute atomic E-state index is 0.00154. The first-order valence-corrected chi connectivity index (χ1v) is 12.1. The highest BCUT2D eigenvalue weighted by Crippen LogP contribution is 2.29. The number of sulfonamides is 1. The van der Waals surface area contributed by atoms with Gasteiger partial charge in [0.2, 0.25) is 21.8 Å². The summed E-state index contributed by atoms with van der Waals surface area (Å²) in [6, 6.07) is 11.5. The van der Waals surface area contributed by atoms with Crippen LogP contribution < -0.4 is 14.4 Å². The maximum absolute atomic E-state index is 12.6.